The number of nitrogens with one attached hydrogen (secondary N) is 1. The second kappa shape index (κ2) is 10.1. The van der Waals surface area contributed by atoms with Crippen molar-refractivity contribution in [3.05, 3.63) is 54.0 Å². The lowest BCUT2D eigenvalue weighted by Gasteiger charge is -2.32. The molecular weight excluding hydrogens is 521 g/mol. The van der Waals surface area contributed by atoms with Crippen LogP contribution in [0.5, 0.6) is 0 Å². The van der Waals surface area contributed by atoms with E-state index >= 15 is 4.39 Å². The molecule has 3 heterocycles. The Hall–Kier alpha value is -3.64. The number of nitrogens with zero attached hydrogens (tertiary/aromatic N) is 3. The summed E-state index contributed by atoms with van der Waals surface area (Å²) in [5, 5.41) is 7.41. The van der Waals surface area contributed by atoms with Gasteiger partial charge in [-0.3, -0.25) is 19.1 Å². The summed E-state index contributed by atoms with van der Waals surface area (Å²) in [5.41, 5.74) is -0.591. The third kappa shape index (κ3) is 4.90. The van der Waals surface area contributed by atoms with Gasteiger partial charge < -0.3 is 19.5 Å². The van der Waals surface area contributed by atoms with E-state index in [0.29, 0.717) is 10.9 Å². The number of halogens is 2. The number of carbonyl (C=O) groups is 3. The van der Waals surface area contributed by atoms with Crippen molar-refractivity contribution in [3.8, 4) is 0 Å². The van der Waals surface area contributed by atoms with Gasteiger partial charge in [-0.15, -0.1) is 0 Å². The van der Waals surface area contributed by atoms with Crippen molar-refractivity contribution in [2.45, 2.75) is 71.0 Å². The van der Waals surface area contributed by atoms with Crippen LogP contribution in [-0.4, -0.2) is 69.4 Å². The van der Waals surface area contributed by atoms with Crippen molar-refractivity contribution in [1.29, 1.82) is 0 Å². The van der Waals surface area contributed by atoms with Crippen LogP contribution in [0.3, 0.4) is 0 Å². The van der Waals surface area contributed by atoms with Crippen molar-refractivity contribution < 1.29 is 32.5 Å². The number of aromatic nitrogens is 2. The van der Waals surface area contributed by atoms with E-state index in [0.717, 1.165) is 4.90 Å². The third-order valence-electron chi connectivity index (χ3n) is 7.94. The summed E-state index contributed by atoms with van der Waals surface area (Å²) in [5.74, 6) is -2.25. The van der Waals surface area contributed by atoms with Crippen molar-refractivity contribution >= 4 is 46.8 Å². The van der Waals surface area contributed by atoms with Crippen molar-refractivity contribution in [2.24, 2.45) is 0 Å². The predicted octanol–water partition coefficient (Wildman–Crippen LogP) is 3.25. The molecule has 2 saturated heterocycles. The minimum Gasteiger partial charge on any atom is -0.399 e. The number of fused-ring (bicyclic) bond motifs is 1. The van der Waals surface area contributed by atoms with E-state index in [1.54, 1.807) is 30.3 Å². The van der Waals surface area contributed by atoms with Gasteiger partial charge in [0.1, 0.15) is 30.3 Å². The minimum atomic E-state index is -1.43. The molecule has 12 heteroatoms. The molecule has 0 aliphatic carbocycles. The Balaban J connectivity index is 1.34. The molecule has 2 aliphatic rings. The van der Waals surface area contributed by atoms with Gasteiger partial charge in [0.15, 0.2) is 5.78 Å². The fraction of sp³-hybridized carbons (Fsp3) is 0.429. The summed E-state index contributed by atoms with van der Waals surface area (Å²) in [7, 11) is -0.981. The quantitative estimate of drug-likeness (QED) is 0.372. The number of likely N-dealkylation sites (tertiary alicyclic amines) is 1. The van der Waals surface area contributed by atoms with Crippen LogP contribution < -0.4 is 10.8 Å². The van der Waals surface area contributed by atoms with E-state index in [9.17, 15) is 18.8 Å². The SMILES string of the molecule is CC(=O)c1nn(CC(=O)N2CC(F)CC2C(=O)Nc2cccc(B3OC(C)(C)C(C)(C)O3)c2F)c2ccccc12. The Morgan fingerprint density at radius 1 is 1.07 bits per heavy atom. The molecule has 1 aromatic heterocycles. The van der Waals surface area contributed by atoms with E-state index in [1.807, 2.05) is 27.7 Å². The van der Waals surface area contributed by atoms with Gasteiger partial charge in [-0.25, -0.2) is 8.78 Å². The first-order valence-electron chi connectivity index (χ1n) is 13.1. The van der Waals surface area contributed by atoms with E-state index in [2.05, 4.69) is 10.4 Å². The molecule has 0 radical (unpaired) electrons. The fourth-order valence-corrected chi connectivity index (χ4v) is 5.05. The highest BCUT2D eigenvalue weighted by molar-refractivity contribution is 6.62. The number of hydrogen-bond donors (Lipinski definition) is 1. The number of Topliss-reactive ketones (excluding diaryl/α,β-unsaturated/α-hetero) is 1. The highest BCUT2D eigenvalue weighted by atomic mass is 19.1. The number of alkyl halides is 1. The average Bonchev–Trinajstić information content (AvgIpc) is 3.51. The van der Waals surface area contributed by atoms with Crippen LogP contribution in [0.15, 0.2) is 42.5 Å². The minimum absolute atomic E-state index is 0.117. The fourth-order valence-electron chi connectivity index (χ4n) is 5.05. The predicted molar refractivity (Wildman–Crippen MR) is 145 cm³/mol. The monoisotopic (exact) mass is 552 g/mol. The number of rotatable bonds is 6. The Kier molecular flexibility index (Phi) is 7.04. The van der Waals surface area contributed by atoms with Crippen molar-refractivity contribution in [1.82, 2.24) is 14.7 Å². The van der Waals surface area contributed by atoms with Gasteiger partial charge in [-0.2, -0.15) is 5.10 Å². The van der Waals surface area contributed by atoms with Crippen LogP contribution in [0.1, 0.15) is 51.5 Å². The topological polar surface area (TPSA) is 103 Å². The largest absolute Gasteiger partial charge is 0.497 e. The van der Waals surface area contributed by atoms with Crippen LogP contribution in [0.25, 0.3) is 10.9 Å². The average molecular weight is 552 g/mol. The lowest BCUT2D eigenvalue weighted by atomic mass is 9.78. The number of anilines is 1. The maximum atomic E-state index is 15.5. The third-order valence-corrected chi connectivity index (χ3v) is 7.94. The van der Waals surface area contributed by atoms with Crippen molar-refractivity contribution in [3.63, 3.8) is 0 Å². The molecule has 2 aliphatic heterocycles. The van der Waals surface area contributed by atoms with E-state index < -0.39 is 48.2 Å². The second-order valence-electron chi connectivity index (χ2n) is 11.3. The van der Waals surface area contributed by atoms with Crippen LogP contribution in [0, 0.1) is 5.82 Å². The van der Waals surface area contributed by atoms with Gasteiger partial charge in [0.05, 0.1) is 29.0 Å². The Morgan fingerprint density at radius 3 is 2.42 bits per heavy atom. The van der Waals surface area contributed by atoms with E-state index in [1.165, 1.54) is 23.7 Å². The summed E-state index contributed by atoms with van der Waals surface area (Å²) in [6, 6.07) is 10.3. The molecule has 2 fully saturated rings. The van der Waals surface area contributed by atoms with Crippen LogP contribution >= 0.6 is 0 Å². The molecule has 0 bridgehead atoms. The second-order valence-corrected chi connectivity index (χ2v) is 11.3. The lowest BCUT2D eigenvalue weighted by Crippen LogP contribution is -2.45. The van der Waals surface area contributed by atoms with Crippen molar-refractivity contribution in [2.75, 3.05) is 11.9 Å². The molecule has 0 saturated carbocycles. The zero-order chi connectivity index (χ0) is 29.0. The van der Waals surface area contributed by atoms with Gasteiger partial charge in [0, 0.05) is 24.2 Å². The number of para-hydroxylation sites is 1. The molecule has 3 aromatic rings. The van der Waals surface area contributed by atoms with Crippen LogP contribution in [0.2, 0.25) is 0 Å². The number of benzene rings is 2. The first-order chi connectivity index (χ1) is 18.8. The molecule has 2 aromatic carbocycles. The first kappa shape index (κ1) is 27.9. The molecule has 9 nitrogen and oxygen atoms in total. The first-order valence-corrected chi connectivity index (χ1v) is 13.1. The van der Waals surface area contributed by atoms with Crippen LogP contribution in [0.4, 0.5) is 14.5 Å². The highest BCUT2D eigenvalue weighted by Gasteiger charge is 2.52. The number of ketones is 1. The summed E-state index contributed by atoms with van der Waals surface area (Å²) in [4.78, 5) is 39.7. The molecule has 1 N–H and O–H groups in total. The molecule has 0 spiro atoms. The summed E-state index contributed by atoms with van der Waals surface area (Å²) < 4.78 is 43.4. The standard InChI is InChI=1S/C28H31BF2N4O5/c1-16(36)25-18-9-6-7-12-21(18)35(33-25)15-23(37)34-14-17(30)13-22(34)26(38)32-20-11-8-10-19(24(20)31)29-39-27(2,3)28(4,5)40-29/h6-12,17,22H,13-15H2,1-5H3,(H,32,38). The Morgan fingerprint density at radius 2 is 1.75 bits per heavy atom. The number of carbonyl (C=O) groups excluding carboxylic acids is 3. The van der Waals surface area contributed by atoms with Crippen LogP contribution in [-0.2, 0) is 25.4 Å². The van der Waals surface area contributed by atoms with Gasteiger partial charge in [-0.1, -0.05) is 30.3 Å². The zero-order valence-corrected chi connectivity index (χ0v) is 23.0. The Labute approximate surface area is 230 Å². The molecule has 2 unspecified atom stereocenters. The van der Waals surface area contributed by atoms with Gasteiger partial charge in [0.2, 0.25) is 11.8 Å². The van der Waals surface area contributed by atoms with Gasteiger partial charge in [-0.05, 0) is 39.8 Å². The summed E-state index contributed by atoms with van der Waals surface area (Å²) in [6.07, 6.45) is -1.66. The zero-order valence-electron chi connectivity index (χ0n) is 23.0. The molecule has 210 valence electrons. The summed E-state index contributed by atoms with van der Waals surface area (Å²) in [6.45, 7) is 8.20. The number of hydrogen-bond acceptors (Lipinski definition) is 6. The molecule has 2 atom stereocenters. The number of amides is 2. The highest BCUT2D eigenvalue weighted by Crippen LogP contribution is 2.37. The maximum absolute atomic E-state index is 15.5. The summed E-state index contributed by atoms with van der Waals surface area (Å²) >= 11 is 0. The van der Waals surface area contributed by atoms with Gasteiger partial charge in [0.25, 0.3) is 0 Å². The smallest absolute Gasteiger partial charge is 0.399 e. The van der Waals surface area contributed by atoms with Gasteiger partial charge >= 0.3 is 7.12 Å². The van der Waals surface area contributed by atoms with E-state index in [-0.39, 0.29) is 42.1 Å². The Bertz CT molecular complexity index is 1490. The molecule has 5 rings (SSSR count). The maximum Gasteiger partial charge on any atom is 0.497 e. The molecule has 2 amide bonds. The van der Waals surface area contributed by atoms with E-state index in [4.69, 9.17) is 9.31 Å². The lowest BCUT2D eigenvalue weighted by molar-refractivity contribution is -0.137. The molecule has 40 heavy (non-hydrogen) atoms. The molecular formula is C28H31BF2N4O5. The normalized spacial score (nSPS) is 21.7.